The largest absolute Gasteiger partial charge is 0.221 e. The average molecular weight is 80.0 g/mol. The molecule has 0 saturated heterocycles. The van der Waals surface area contributed by atoms with Gasteiger partial charge in [0.15, 0.2) is 17.4 Å². The van der Waals surface area contributed by atoms with Crippen LogP contribution < -0.4 is 0 Å². The molecular formula is H5AlO3. The van der Waals surface area contributed by atoms with Crippen LogP contribution in [0.3, 0.4) is 0 Å². The highest BCUT2D eigenvalue weighted by Crippen LogP contribution is 1.24. The van der Waals surface area contributed by atoms with E-state index < -0.39 is 0 Å². The predicted octanol–water partition coefficient (Wildman–Crippen LogP) is -1.23. The van der Waals surface area contributed by atoms with Crippen LogP contribution in [0.5, 0.6) is 0 Å². The summed E-state index contributed by atoms with van der Waals surface area (Å²) in [6.45, 7) is 0. The summed E-state index contributed by atoms with van der Waals surface area (Å²) in [5.41, 5.74) is 0. The molecule has 0 spiro atoms. The van der Waals surface area contributed by atoms with E-state index in [0.29, 0.717) is 0 Å². The minimum atomic E-state index is 0. The van der Waals surface area contributed by atoms with Crippen LogP contribution in [-0.2, 0) is 5.04 Å². The fourth-order valence-corrected chi connectivity index (χ4v) is 0. The van der Waals surface area contributed by atoms with Crippen LogP contribution in [-0.4, -0.2) is 27.9 Å². The van der Waals surface area contributed by atoms with Crippen molar-refractivity contribution < 1.29 is 15.6 Å². The summed E-state index contributed by atoms with van der Waals surface area (Å²) in [6.07, 6.45) is 0. The Morgan fingerprint density at radius 2 is 1.25 bits per heavy atom. The minimum Gasteiger partial charge on any atom is -0.221 e. The third-order valence-corrected chi connectivity index (χ3v) is 0. The van der Waals surface area contributed by atoms with Crippen molar-refractivity contribution in [2.75, 3.05) is 0 Å². The van der Waals surface area contributed by atoms with Crippen molar-refractivity contribution in [3.05, 3.63) is 0 Å². The van der Waals surface area contributed by atoms with E-state index in [1.54, 1.807) is 0 Å². The Balaban J connectivity index is 0. The molecule has 3 nitrogen and oxygen atoms in total. The smallest absolute Gasteiger partial charge is 0.187 e. The molecule has 0 aromatic rings. The maximum atomic E-state index is 6.62. The molecule has 4 heteroatoms. The first-order chi connectivity index (χ1) is 1.41. The standard InChI is InChI=1S/Al.H2O3.3H/c;1-3-2;;;/h;1-2H;;;. The molecule has 0 aromatic heterocycles. The van der Waals surface area contributed by atoms with Crippen LogP contribution >= 0.6 is 0 Å². The summed E-state index contributed by atoms with van der Waals surface area (Å²) in [4.78, 5) is 0. The van der Waals surface area contributed by atoms with E-state index in [1.165, 1.54) is 0 Å². The van der Waals surface area contributed by atoms with Gasteiger partial charge in [0.05, 0.1) is 0 Å². The fourth-order valence-electron chi connectivity index (χ4n) is 0. The van der Waals surface area contributed by atoms with E-state index in [1.807, 2.05) is 0 Å². The Kier molecular flexibility index (Phi) is 22.0. The Morgan fingerprint density at radius 3 is 1.25 bits per heavy atom. The normalized spacial score (nSPS) is 4.50. The van der Waals surface area contributed by atoms with Crippen molar-refractivity contribution in [3.8, 4) is 0 Å². The lowest BCUT2D eigenvalue weighted by atomic mass is 14.6. The molecule has 0 rings (SSSR count). The number of hydrogen-bond donors (Lipinski definition) is 2. The Morgan fingerprint density at radius 1 is 1.25 bits per heavy atom. The van der Waals surface area contributed by atoms with Crippen LogP contribution in [0, 0.1) is 0 Å². The highest BCUT2D eigenvalue weighted by atomic mass is 27.0. The van der Waals surface area contributed by atoms with Crippen molar-refractivity contribution >= 4 is 17.4 Å². The number of rotatable bonds is 0. The number of hydrogen-bond acceptors (Lipinski definition) is 3. The SMILES string of the molecule is OOO.[AlH3]. The molecule has 0 aliphatic carbocycles. The van der Waals surface area contributed by atoms with Gasteiger partial charge in [0, 0.05) is 0 Å². The van der Waals surface area contributed by atoms with Crippen LogP contribution in [0.2, 0.25) is 0 Å². The topological polar surface area (TPSA) is 49.7 Å². The van der Waals surface area contributed by atoms with Crippen molar-refractivity contribution in [1.29, 1.82) is 0 Å². The third-order valence-electron chi connectivity index (χ3n) is 0. The Labute approximate surface area is 33.8 Å². The molecule has 0 amide bonds. The van der Waals surface area contributed by atoms with Crippen molar-refractivity contribution in [3.63, 3.8) is 0 Å². The van der Waals surface area contributed by atoms with Crippen LogP contribution in [0.25, 0.3) is 0 Å². The zero-order valence-corrected chi connectivity index (χ0v) is 1.30. The van der Waals surface area contributed by atoms with Gasteiger partial charge >= 0.3 is 0 Å². The summed E-state index contributed by atoms with van der Waals surface area (Å²) in [7, 11) is 0. The lowest BCUT2D eigenvalue weighted by Gasteiger charge is -1.56. The average Bonchev–Trinajstić information content (AvgIpc) is 0.918. The summed E-state index contributed by atoms with van der Waals surface area (Å²) < 4.78 is 0. The van der Waals surface area contributed by atoms with E-state index >= 15 is 0 Å². The molecule has 0 aliphatic rings. The van der Waals surface area contributed by atoms with Crippen LogP contribution in [0.4, 0.5) is 0 Å². The van der Waals surface area contributed by atoms with Gasteiger partial charge in [-0.25, -0.2) is 10.5 Å². The second kappa shape index (κ2) is 9.95. The zero-order chi connectivity index (χ0) is 2.71. The van der Waals surface area contributed by atoms with Gasteiger partial charge in [-0.2, -0.15) is 0 Å². The molecule has 0 bridgehead atoms. The van der Waals surface area contributed by atoms with Crippen molar-refractivity contribution in [1.82, 2.24) is 0 Å². The molecule has 26 valence electrons. The van der Waals surface area contributed by atoms with Gasteiger partial charge in [0.2, 0.25) is 0 Å². The summed E-state index contributed by atoms with van der Waals surface area (Å²) in [5.74, 6) is 0. The second-order valence-electron chi connectivity index (χ2n) is 0.0816. The first kappa shape index (κ1) is 8.83. The monoisotopic (exact) mass is 80.0 g/mol. The van der Waals surface area contributed by atoms with Gasteiger partial charge < -0.3 is 0 Å². The first-order valence-electron chi connectivity index (χ1n) is 0.365. The van der Waals surface area contributed by atoms with E-state index in [2.05, 4.69) is 5.04 Å². The van der Waals surface area contributed by atoms with E-state index in [4.69, 9.17) is 10.5 Å². The molecule has 0 unspecified atom stereocenters. The minimum absolute atomic E-state index is 0. The lowest BCUT2D eigenvalue weighted by Crippen LogP contribution is -1.60. The highest BCUT2D eigenvalue weighted by molar-refractivity contribution is 5.75. The molecule has 0 saturated carbocycles. The van der Waals surface area contributed by atoms with Crippen LogP contribution in [0.15, 0.2) is 0 Å². The lowest BCUT2D eigenvalue weighted by molar-refractivity contribution is -0.465. The highest BCUT2D eigenvalue weighted by Gasteiger charge is 1.27. The molecule has 0 atom stereocenters. The molecule has 2 N–H and O–H groups in total. The van der Waals surface area contributed by atoms with Gasteiger partial charge in [-0.1, -0.05) is 5.04 Å². The van der Waals surface area contributed by atoms with Crippen molar-refractivity contribution in [2.24, 2.45) is 0 Å². The zero-order valence-electron chi connectivity index (χ0n) is 1.30. The fraction of sp³-hybridized carbons (Fsp3) is 0. The predicted molar refractivity (Wildman–Crippen MR) is 16.3 cm³/mol. The van der Waals surface area contributed by atoms with Gasteiger partial charge in [0.25, 0.3) is 0 Å². The van der Waals surface area contributed by atoms with E-state index in [0.717, 1.165) is 0 Å². The summed E-state index contributed by atoms with van der Waals surface area (Å²) >= 11 is 0. The molecule has 0 radical (unpaired) electrons. The maximum absolute atomic E-state index is 6.62. The van der Waals surface area contributed by atoms with Gasteiger partial charge in [-0.3, -0.25) is 0 Å². The van der Waals surface area contributed by atoms with Gasteiger partial charge in [-0.15, -0.1) is 0 Å². The molecular weight excluding hydrogens is 75.0 g/mol. The molecule has 0 fully saturated rings. The third kappa shape index (κ3) is 28.3. The van der Waals surface area contributed by atoms with E-state index in [9.17, 15) is 0 Å². The summed E-state index contributed by atoms with van der Waals surface area (Å²) in [6, 6.07) is 0. The Bertz CT molecular complexity index is 3.25. The summed E-state index contributed by atoms with van der Waals surface area (Å²) in [5, 5.41) is 15.5. The second-order valence-corrected chi connectivity index (χ2v) is 0.0816. The molecule has 4 heavy (non-hydrogen) atoms. The quantitative estimate of drug-likeness (QED) is 0.217. The van der Waals surface area contributed by atoms with E-state index in [-0.39, 0.29) is 17.4 Å². The maximum Gasteiger partial charge on any atom is 0.187 e. The molecule has 0 aromatic carbocycles. The molecule has 0 aliphatic heterocycles. The van der Waals surface area contributed by atoms with Crippen molar-refractivity contribution in [2.45, 2.75) is 0 Å². The first-order valence-corrected chi connectivity index (χ1v) is 0.365. The van der Waals surface area contributed by atoms with Gasteiger partial charge in [-0.05, 0) is 0 Å². The van der Waals surface area contributed by atoms with Gasteiger partial charge in [0.1, 0.15) is 0 Å². The van der Waals surface area contributed by atoms with Crippen LogP contribution in [0.1, 0.15) is 0 Å². The Hall–Kier alpha value is 0.412. The molecule has 0 heterocycles.